The van der Waals surface area contributed by atoms with E-state index in [1.165, 1.54) is 11.8 Å². The Balaban J connectivity index is 1.37. The Morgan fingerprint density at radius 2 is 1.58 bits per heavy atom. The van der Waals surface area contributed by atoms with Gasteiger partial charge in [0.1, 0.15) is 0 Å². The third kappa shape index (κ3) is 4.03. The van der Waals surface area contributed by atoms with E-state index in [0.29, 0.717) is 22.8 Å². The first-order valence-corrected chi connectivity index (χ1v) is 12.3. The van der Waals surface area contributed by atoms with Crippen LogP contribution in [0.5, 0.6) is 0 Å². The fourth-order valence-corrected chi connectivity index (χ4v) is 5.14. The third-order valence-electron chi connectivity index (χ3n) is 5.94. The van der Waals surface area contributed by atoms with Crippen LogP contribution in [0.2, 0.25) is 0 Å². The molecule has 1 saturated heterocycles. The van der Waals surface area contributed by atoms with Crippen LogP contribution in [0.1, 0.15) is 11.1 Å². The highest BCUT2D eigenvalue weighted by atomic mass is 32.2. The van der Waals surface area contributed by atoms with E-state index in [1.807, 2.05) is 41.0 Å². The van der Waals surface area contributed by atoms with Gasteiger partial charge >= 0.3 is 6.03 Å². The van der Waals surface area contributed by atoms with Crippen molar-refractivity contribution < 1.29 is 14.4 Å². The van der Waals surface area contributed by atoms with Gasteiger partial charge in [-0.1, -0.05) is 90.6 Å². The molecule has 3 aromatic carbocycles. The number of urea groups is 1. The molecule has 9 heteroatoms. The maximum absolute atomic E-state index is 13.7. The molecule has 0 radical (unpaired) electrons. The average molecular weight is 498 g/mol. The molecule has 1 aliphatic rings. The van der Waals surface area contributed by atoms with Gasteiger partial charge in [-0.3, -0.25) is 15.0 Å². The lowest BCUT2D eigenvalue weighted by Gasteiger charge is -2.27. The number of hydrazine groups is 1. The van der Waals surface area contributed by atoms with E-state index in [1.54, 1.807) is 54.6 Å². The number of carbonyl (C=O) groups excluding carboxylic acids is 3. The quantitative estimate of drug-likeness (QED) is 0.219. The molecule has 0 unspecified atom stereocenters. The standard InChI is InChI=1S/C27H23N5O3S/c1-2-17-31-22-16-10-9-15-21(22)28-26(31)36-18-23(33)30-32-24(34)27(29-25(32)35,19-11-5-3-6-12-19)20-13-7-4-8-14-20/h2-16H,1,17-18H2,(H,29,35)(H,30,33). The number of nitrogens with one attached hydrogen (secondary N) is 2. The molecule has 2 N–H and O–H groups in total. The van der Waals surface area contributed by atoms with Gasteiger partial charge in [-0.25, -0.2) is 9.78 Å². The molecule has 4 aromatic rings. The summed E-state index contributed by atoms with van der Waals surface area (Å²) in [5.41, 5.74) is 3.98. The summed E-state index contributed by atoms with van der Waals surface area (Å²) in [6.45, 7) is 4.34. The second kappa shape index (κ2) is 9.71. The number of amides is 4. The molecule has 180 valence electrons. The summed E-state index contributed by atoms with van der Waals surface area (Å²) in [6, 6.07) is 24.9. The van der Waals surface area contributed by atoms with Crippen LogP contribution in [0.3, 0.4) is 0 Å². The van der Waals surface area contributed by atoms with Gasteiger partial charge in [-0.15, -0.1) is 6.58 Å². The fourth-order valence-electron chi connectivity index (χ4n) is 4.32. The van der Waals surface area contributed by atoms with Gasteiger partial charge in [-0.2, -0.15) is 5.01 Å². The Morgan fingerprint density at radius 1 is 0.972 bits per heavy atom. The number of hydrogen-bond donors (Lipinski definition) is 2. The first-order chi connectivity index (χ1) is 17.5. The van der Waals surface area contributed by atoms with E-state index in [9.17, 15) is 14.4 Å². The van der Waals surface area contributed by atoms with Crippen molar-refractivity contribution in [2.24, 2.45) is 0 Å². The van der Waals surface area contributed by atoms with Gasteiger partial charge in [0.25, 0.3) is 5.91 Å². The van der Waals surface area contributed by atoms with Crippen molar-refractivity contribution in [1.29, 1.82) is 0 Å². The minimum atomic E-state index is -1.45. The number of allylic oxidation sites excluding steroid dienone is 1. The zero-order valence-electron chi connectivity index (χ0n) is 19.3. The Labute approximate surface area is 212 Å². The molecule has 5 rings (SSSR count). The van der Waals surface area contributed by atoms with E-state index in [4.69, 9.17) is 0 Å². The number of nitrogens with zero attached hydrogens (tertiary/aromatic N) is 3. The van der Waals surface area contributed by atoms with Crippen LogP contribution in [-0.4, -0.2) is 38.2 Å². The third-order valence-corrected chi connectivity index (χ3v) is 6.91. The Hall–Kier alpha value is -4.37. The molecule has 0 aliphatic carbocycles. The SMILES string of the molecule is C=CCn1c(SCC(=O)NN2C(=O)NC(c3ccccc3)(c3ccccc3)C2=O)nc2ccccc21. The minimum Gasteiger partial charge on any atom is -0.315 e. The molecule has 0 bridgehead atoms. The van der Waals surface area contributed by atoms with Crippen LogP contribution >= 0.6 is 11.8 Å². The molecule has 8 nitrogen and oxygen atoms in total. The summed E-state index contributed by atoms with van der Waals surface area (Å²) < 4.78 is 1.96. The predicted molar refractivity (Wildman–Crippen MR) is 138 cm³/mol. The summed E-state index contributed by atoms with van der Waals surface area (Å²) in [5, 5.41) is 4.22. The van der Waals surface area contributed by atoms with E-state index in [2.05, 4.69) is 22.3 Å². The van der Waals surface area contributed by atoms with Crippen LogP contribution in [0.4, 0.5) is 4.79 Å². The Morgan fingerprint density at radius 3 is 2.22 bits per heavy atom. The minimum absolute atomic E-state index is 0.0405. The summed E-state index contributed by atoms with van der Waals surface area (Å²) >= 11 is 1.22. The van der Waals surface area contributed by atoms with Crippen molar-refractivity contribution in [2.45, 2.75) is 17.2 Å². The number of imidazole rings is 1. The van der Waals surface area contributed by atoms with Crippen LogP contribution in [-0.2, 0) is 21.7 Å². The second-order valence-electron chi connectivity index (χ2n) is 8.16. The molecule has 1 aliphatic heterocycles. The summed E-state index contributed by atoms with van der Waals surface area (Å²) in [7, 11) is 0. The van der Waals surface area contributed by atoms with Crippen molar-refractivity contribution in [3.63, 3.8) is 0 Å². The summed E-state index contributed by atoms with van der Waals surface area (Å²) in [6.07, 6.45) is 1.76. The van der Waals surface area contributed by atoms with Crippen molar-refractivity contribution in [3.8, 4) is 0 Å². The number of imide groups is 1. The van der Waals surface area contributed by atoms with Crippen molar-refractivity contribution in [2.75, 3.05) is 5.75 Å². The molecule has 1 aromatic heterocycles. The lowest BCUT2D eigenvalue weighted by Crippen LogP contribution is -2.49. The number of fused-ring (bicyclic) bond motifs is 1. The highest BCUT2D eigenvalue weighted by Gasteiger charge is 2.54. The maximum atomic E-state index is 13.7. The van der Waals surface area contributed by atoms with Gasteiger partial charge in [0.15, 0.2) is 10.7 Å². The van der Waals surface area contributed by atoms with E-state index in [-0.39, 0.29) is 5.75 Å². The summed E-state index contributed by atoms with van der Waals surface area (Å²) in [5.74, 6) is -1.12. The first kappa shape index (κ1) is 23.4. The largest absolute Gasteiger partial charge is 0.344 e. The van der Waals surface area contributed by atoms with Gasteiger partial charge in [-0.05, 0) is 23.3 Å². The van der Waals surface area contributed by atoms with E-state index < -0.39 is 23.4 Å². The predicted octanol–water partition coefficient (Wildman–Crippen LogP) is 3.84. The van der Waals surface area contributed by atoms with Crippen LogP contribution in [0.15, 0.2) is 103 Å². The van der Waals surface area contributed by atoms with Crippen molar-refractivity contribution in [3.05, 3.63) is 109 Å². The van der Waals surface area contributed by atoms with Crippen LogP contribution in [0, 0.1) is 0 Å². The maximum Gasteiger partial charge on any atom is 0.344 e. The van der Waals surface area contributed by atoms with Gasteiger partial charge in [0.05, 0.1) is 16.8 Å². The molecule has 4 amide bonds. The highest BCUT2D eigenvalue weighted by Crippen LogP contribution is 2.35. The number of carbonyl (C=O) groups is 3. The van der Waals surface area contributed by atoms with Gasteiger partial charge < -0.3 is 9.88 Å². The van der Waals surface area contributed by atoms with Gasteiger partial charge in [0, 0.05) is 6.54 Å². The molecule has 2 heterocycles. The number of thioether (sulfide) groups is 1. The number of rotatable bonds is 8. The first-order valence-electron chi connectivity index (χ1n) is 11.3. The molecule has 36 heavy (non-hydrogen) atoms. The molecule has 0 spiro atoms. The Kier molecular flexibility index (Phi) is 6.30. The molecule has 1 fully saturated rings. The molecular weight excluding hydrogens is 474 g/mol. The normalized spacial score (nSPS) is 14.6. The van der Waals surface area contributed by atoms with Crippen molar-refractivity contribution >= 4 is 40.6 Å². The lowest BCUT2D eigenvalue weighted by atomic mass is 9.83. The van der Waals surface area contributed by atoms with E-state index in [0.717, 1.165) is 16.0 Å². The topological polar surface area (TPSA) is 96.3 Å². The summed E-state index contributed by atoms with van der Waals surface area (Å²) in [4.78, 5) is 44.1. The second-order valence-corrected chi connectivity index (χ2v) is 9.10. The van der Waals surface area contributed by atoms with Crippen LogP contribution in [0.25, 0.3) is 11.0 Å². The lowest BCUT2D eigenvalue weighted by molar-refractivity contribution is -0.137. The molecular formula is C27H23N5O3S. The number of benzene rings is 3. The molecule has 0 atom stereocenters. The van der Waals surface area contributed by atoms with Crippen LogP contribution < -0.4 is 10.7 Å². The average Bonchev–Trinajstić information content (AvgIpc) is 3.39. The zero-order chi connectivity index (χ0) is 25.1. The Bertz CT molecular complexity index is 1410. The van der Waals surface area contributed by atoms with Gasteiger partial charge in [0.2, 0.25) is 5.91 Å². The smallest absolute Gasteiger partial charge is 0.315 e. The zero-order valence-corrected chi connectivity index (χ0v) is 20.1. The number of aromatic nitrogens is 2. The fraction of sp³-hybridized carbons (Fsp3) is 0.111. The molecule has 0 saturated carbocycles. The highest BCUT2D eigenvalue weighted by molar-refractivity contribution is 7.99. The number of hydrogen-bond acceptors (Lipinski definition) is 5. The monoisotopic (exact) mass is 497 g/mol. The van der Waals surface area contributed by atoms with E-state index >= 15 is 0 Å². The number of para-hydroxylation sites is 2. The van der Waals surface area contributed by atoms with Crippen molar-refractivity contribution in [1.82, 2.24) is 25.3 Å².